The van der Waals surface area contributed by atoms with Crippen molar-refractivity contribution in [2.75, 3.05) is 0 Å². The molecule has 0 saturated heterocycles. The van der Waals surface area contributed by atoms with Gasteiger partial charge in [-0.05, 0) is 24.8 Å². The van der Waals surface area contributed by atoms with Crippen molar-refractivity contribution in [2.45, 2.75) is 40.0 Å². The molecule has 1 radical (unpaired) electrons. The van der Waals surface area contributed by atoms with Crippen molar-refractivity contribution in [3.63, 3.8) is 0 Å². The van der Waals surface area contributed by atoms with E-state index < -0.39 is 0 Å². The van der Waals surface area contributed by atoms with Gasteiger partial charge in [-0.15, -0.1) is 0 Å². The predicted molar refractivity (Wildman–Crippen MR) is 68.9 cm³/mol. The van der Waals surface area contributed by atoms with Gasteiger partial charge in [0.2, 0.25) is 6.10 Å². The molecule has 0 amide bonds. The van der Waals surface area contributed by atoms with Crippen molar-refractivity contribution in [3.8, 4) is 0 Å². The summed E-state index contributed by atoms with van der Waals surface area (Å²) in [5, 5.41) is 0. The molecule has 14 heavy (non-hydrogen) atoms. The minimum atomic E-state index is 0.236. The molecule has 0 aliphatic rings. The highest BCUT2D eigenvalue weighted by atomic mass is 79.9. The van der Waals surface area contributed by atoms with E-state index in [9.17, 15) is 0 Å². The summed E-state index contributed by atoms with van der Waals surface area (Å²) in [7, 11) is 0. The summed E-state index contributed by atoms with van der Waals surface area (Å²) in [5.74, 6) is 0. The maximum Gasteiger partial charge on any atom is 0.244 e. The third kappa shape index (κ3) is 2.41. The molecule has 1 aromatic carbocycles. The Morgan fingerprint density at radius 1 is 1.07 bits per heavy atom. The lowest BCUT2D eigenvalue weighted by atomic mass is 9.79. The number of aryl methyl sites for hydroxylation is 2. The fraction of sp³-hybridized carbons (Fsp3) is 0.500. The summed E-state index contributed by atoms with van der Waals surface area (Å²) in [6, 6.07) is 4.56. The summed E-state index contributed by atoms with van der Waals surface area (Å²) in [5.41, 5.74) is 5.63. The van der Waals surface area contributed by atoms with Gasteiger partial charge in [0.05, 0.1) is 0 Å². The summed E-state index contributed by atoms with van der Waals surface area (Å²) in [6.45, 7) is 11.1. The van der Waals surface area contributed by atoms with Gasteiger partial charge >= 0.3 is 0 Å². The summed E-state index contributed by atoms with van der Waals surface area (Å²) in [4.78, 5) is 0. The highest BCUT2D eigenvalue weighted by Gasteiger charge is 2.15. The largest absolute Gasteiger partial charge is 0.244 e. The predicted octanol–water partition coefficient (Wildman–Crippen LogP) is 3.24. The van der Waals surface area contributed by atoms with Gasteiger partial charge in [-0.2, -0.15) is 15.8 Å². The van der Waals surface area contributed by atoms with E-state index in [4.69, 9.17) is 0 Å². The quantitative estimate of drug-likeness (QED) is 0.673. The normalized spacial score (nSPS) is 11.6. The lowest BCUT2D eigenvalue weighted by molar-refractivity contribution is 0.589. The average Bonchev–Trinajstić information content (AvgIpc) is 2.01. The lowest BCUT2D eigenvalue weighted by Crippen LogP contribution is -2.20. The van der Waals surface area contributed by atoms with Crippen LogP contribution in [0.1, 0.15) is 37.5 Å². The first-order chi connectivity index (χ1) is 6.36. The van der Waals surface area contributed by atoms with Gasteiger partial charge in [0.15, 0.2) is 0 Å². The van der Waals surface area contributed by atoms with Crippen LogP contribution in [-0.4, -0.2) is 6.10 Å². The van der Waals surface area contributed by atoms with E-state index in [0.717, 1.165) is 0 Å². The minimum absolute atomic E-state index is 0.236. The highest BCUT2D eigenvalue weighted by molar-refractivity contribution is 9.23. The van der Waals surface area contributed by atoms with Crippen LogP contribution in [0.25, 0.3) is 0 Å². The summed E-state index contributed by atoms with van der Waals surface area (Å²) < 4.78 is 0. The first-order valence-corrected chi connectivity index (χ1v) is 5.83. The van der Waals surface area contributed by atoms with Gasteiger partial charge in [-0.25, -0.2) is 0 Å². The van der Waals surface area contributed by atoms with Crippen LogP contribution >= 0.6 is 15.8 Å². The van der Waals surface area contributed by atoms with E-state index in [1.54, 1.807) is 0 Å². The fourth-order valence-corrected chi connectivity index (χ4v) is 2.30. The smallest absolute Gasteiger partial charge is 0.158 e. The highest BCUT2D eigenvalue weighted by Crippen LogP contribution is 2.23. The third-order valence-electron chi connectivity index (χ3n) is 2.57. The average molecular weight is 252 g/mol. The molecule has 0 aromatic heterocycles. The number of hydrogen-bond acceptors (Lipinski definition) is 0. The van der Waals surface area contributed by atoms with Gasteiger partial charge in [-0.1, -0.05) is 49.5 Å². The van der Waals surface area contributed by atoms with Crippen LogP contribution in [-0.2, 0) is 5.41 Å². The topological polar surface area (TPSA) is 0 Å². The third-order valence-corrected chi connectivity index (χ3v) is 3.03. The summed E-state index contributed by atoms with van der Waals surface area (Å²) in [6.07, 6.45) is 2.00. The number of halogens is 1. The molecule has 1 rings (SSSR count). The Balaban J connectivity index is 3.28. The molecule has 0 spiro atoms. The molecule has 0 N–H and O–H groups in total. The molecular weight excluding hydrogens is 235 g/mol. The Labute approximate surface area is 96.3 Å². The van der Waals surface area contributed by atoms with Gasteiger partial charge in [0.1, 0.15) is 0 Å². The molecule has 0 nitrogen and oxygen atoms in total. The van der Waals surface area contributed by atoms with Crippen molar-refractivity contribution in [3.05, 3.63) is 28.8 Å². The van der Waals surface area contributed by atoms with Crippen molar-refractivity contribution in [1.82, 2.24) is 0 Å². The van der Waals surface area contributed by atoms with Crippen LogP contribution in [0.15, 0.2) is 12.1 Å². The van der Waals surface area contributed by atoms with Crippen LogP contribution in [0.2, 0.25) is 0 Å². The van der Waals surface area contributed by atoms with Crippen molar-refractivity contribution < 1.29 is 0 Å². The number of hydrogen-bond donors (Lipinski definition) is 0. The first-order valence-electron chi connectivity index (χ1n) is 4.91. The molecule has 0 saturated carbocycles. The van der Waals surface area contributed by atoms with Crippen LogP contribution in [0.4, 0.5) is 0 Å². The zero-order valence-electron chi connectivity index (χ0n) is 9.61. The molecule has 75 valence electrons. The zero-order chi connectivity index (χ0) is 10.9. The maximum absolute atomic E-state index is 3.41. The molecule has 0 aliphatic carbocycles. The Hall–Kier alpha value is -0.235. The van der Waals surface area contributed by atoms with E-state index in [0.29, 0.717) is 0 Å². The van der Waals surface area contributed by atoms with Crippen molar-refractivity contribution in [1.29, 1.82) is 0 Å². The van der Waals surface area contributed by atoms with Crippen LogP contribution in [0.5, 0.6) is 0 Å². The van der Waals surface area contributed by atoms with Gasteiger partial charge in [-0.3, -0.25) is 0 Å². The van der Waals surface area contributed by atoms with E-state index in [1.165, 1.54) is 22.2 Å². The van der Waals surface area contributed by atoms with Gasteiger partial charge in [0.25, 0.3) is 0 Å². The van der Waals surface area contributed by atoms with Crippen molar-refractivity contribution >= 4 is 27.3 Å². The Morgan fingerprint density at radius 3 is 1.79 bits per heavy atom. The molecule has 0 heterocycles. The molecule has 0 unspecified atom stereocenters. The molecule has 1 aromatic rings. The minimum Gasteiger partial charge on any atom is -0.158 e. The van der Waals surface area contributed by atoms with E-state index in [-0.39, 0.29) is 5.41 Å². The molecular formula is C12H17BBr. The zero-order valence-corrected chi connectivity index (χ0v) is 11.2. The van der Waals surface area contributed by atoms with Gasteiger partial charge < -0.3 is 0 Å². The van der Waals surface area contributed by atoms with Crippen LogP contribution in [0.3, 0.4) is 0 Å². The van der Waals surface area contributed by atoms with Gasteiger partial charge in [0, 0.05) is 0 Å². The standard InChI is InChI=1S/C12H17BBr/c1-8-6-10(12(3,4)5)7-9(2)11(8)13-14/h6-7H,1-5H3. The number of rotatable bonds is 1. The SMILES string of the molecule is Cc1cc(C(C)(C)C)cc(C)c1[B]Br. The maximum atomic E-state index is 3.41. The molecule has 0 bridgehead atoms. The first kappa shape index (κ1) is 11.8. The second kappa shape index (κ2) is 4.10. The lowest BCUT2D eigenvalue weighted by Gasteiger charge is -2.21. The summed E-state index contributed by atoms with van der Waals surface area (Å²) >= 11 is 3.41. The Kier molecular flexibility index (Phi) is 3.46. The Bertz CT molecular complexity index is 314. The molecule has 0 fully saturated rings. The van der Waals surface area contributed by atoms with Crippen LogP contribution in [0, 0.1) is 13.8 Å². The molecule has 0 aliphatic heterocycles. The second-order valence-corrected chi connectivity index (χ2v) is 5.34. The fourth-order valence-electron chi connectivity index (χ4n) is 1.58. The molecule has 2 heteroatoms. The van der Waals surface area contributed by atoms with Crippen molar-refractivity contribution in [2.24, 2.45) is 0 Å². The number of benzene rings is 1. The van der Waals surface area contributed by atoms with Crippen LogP contribution < -0.4 is 5.46 Å². The Morgan fingerprint density at radius 2 is 1.50 bits per heavy atom. The van der Waals surface area contributed by atoms with E-state index >= 15 is 0 Å². The van der Waals surface area contributed by atoms with E-state index in [1.807, 2.05) is 6.10 Å². The molecule has 0 atom stereocenters. The monoisotopic (exact) mass is 251 g/mol. The van der Waals surface area contributed by atoms with E-state index in [2.05, 4.69) is 62.5 Å². The second-order valence-electron chi connectivity index (χ2n) is 4.88.